The minimum absolute atomic E-state index is 0.262. The van der Waals surface area contributed by atoms with Crippen LogP contribution in [0.2, 0.25) is 0 Å². The summed E-state index contributed by atoms with van der Waals surface area (Å²) in [4.78, 5) is 1.84. The quantitative estimate of drug-likeness (QED) is 0.772. The van der Waals surface area contributed by atoms with Crippen LogP contribution in [0.15, 0.2) is 18.2 Å². The van der Waals surface area contributed by atoms with Gasteiger partial charge in [0.2, 0.25) is 0 Å². The lowest BCUT2D eigenvalue weighted by Gasteiger charge is -2.24. The fourth-order valence-corrected chi connectivity index (χ4v) is 1.75. The lowest BCUT2D eigenvalue weighted by molar-refractivity contribution is 0.0695. The highest BCUT2D eigenvalue weighted by Crippen LogP contribution is 2.20. The predicted molar refractivity (Wildman–Crippen MR) is 65.4 cm³/mol. The fraction of sp³-hybridized carbons (Fsp3) is 0.500. The number of ether oxygens (including phenoxy) is 1. The van der Waals surface area contributed by atoms with Gasteiger partial charge in [-0.3, -0.25) is 0 Å². The summed E-state index contributed by atoms with van der Waals surface area (Å²) < 4.78 is 17.9. The average Bonchev–Trinajstić information content (AvgIpc) is 2.28. The largest absolute Gasteiger partial charge is 0.389 e. The number of anilines is 1. The van der Waals surface area contributed by atoms with E-state index >= 15 is 0 Å². The number of likely N-dealkylation sites (N-methyl/N-ethyl adjacent to an activating group) is 1. The van der Waals surface area contributed by atoms with Crippen LogP contribution < -0.4 is 10.6 Å². The molecule has 1 unspecified atom stereocenters. The Morgan fingerprint density at radius 1 is 1.53 bits per heavy atom. The second kappa shape index (κ2) is 6.54. The molecule has 0 fully saturated rings. The molecule has 5 heteroatoms. The van der Waals surface area contributed by atoms with Gasteiger partial charge in [0, 0.05) is 32.9 Å². The first-order valence-corrected chi connectivity index (χ1v) is 5.45. The van der Waals surface area contributed by atoms with Crippen LogP contribution in [0.5, 0.6) is 0 Å². The molecule has 0 heterocycles. The van der Waals surface area contributed by atoms with Crippen molar-refractivity contribution in [1.29, 1.82) is 0 Å². The van der Waals surface area contributed by atoms with Gasteiger partial charge in [-0.05, 0) is 23.8 Å². The zero-order valence-corrected chi connectivity index (χ0v) is 10.2. The van der Waals surface area contributed by atoms with Crippen LogP contribution >= 0.6 is 0 Å². The summed E-state index contributed by atoms with van der Waals surface area (Å²) in [6.07, 6.45) is -0.583. The number of aliphatic hydroxyl groups is 1. The van der Waals surface area contributed by atoms with Crippen molar-refractivity contribution in [2.24, 2.45) is 5.73 Å². The third kappa shape index (κ3) is 3.96. The predicted octanol–water partition coefficient (Wildman–Crippen LogP) is 0.728. The zero-order chi connectivity index (χ0) is 12.8. The first-order valence-electron chi connectivity index (χ1n) is 5.45. The Bertz CT molecular complexity index is 360. The monoisotopic (exact) mass is 242 g/mol. The molecule has 0 saturated carbocycles. The maximum Gasteiger partial charge on any atom is 0.123 e. The minimum atomic E-state index is -0.583. The van der Waals surface area contributed by atoms with Gasteiger partial charge in [0.15, 0.2) is 0 Å². The Morgan fingerprint density at radius 3 is 2.82 bits per heavy atom. The molecule has 1 atom stereocenters. The molecule has 0 aliphatic rings. The molecule has 0 amide bonds. The Morgan fingerprint density at radius 2 is 2.24 bits per heavy atom. The normalized spacial score (nSPS) is 12.5. The number of nitrogens with zero attached hydrogens (tertiary/aromatic N) is 1. The Kier molecular flexibility index (Phi) is 5.34. The minimum Gasteiger partial charge on any atom is -0.389 e. The molecule has 0 radical (unpaired) electrons. The average molecular weight is 242 g/mol. The van der Waals surface area contributed by atoms with E-state index in [1.165, 1.54) is 19.2 Å². The number of halogens is 1. The van der Waals surface area contributed by atoms with Crippen molar-refractivity contribution in [2.75, 3.05) is 32.2 Å². The maximum atomic E-state index is 13.0. The molecule has 3 N–H and O–H groups in total. The standard InChI is InChI=1S/C12H19FN2O2/c1-15(7-11(16)8-17-2)12-4-3-10(13)5-9(12)6-14/h3-5,11,16H,6-8,14H2,1-2H3. The molecule has 0 aliphatic carbocycles. The lowest BCUT2D eigenvalue weighted by atomic mass is 10.1. The molecule has 96 valence electrons. The van der Waals surface area contributed by atoms with Crippen LogP contribution in [-0.4, -0.2) is 38.5 Å². The van der Waals surface area contributed by atoms with Crippen molar-refractivity contribution in [3.63, 3.8) is 0 Å². The molecular formula is C12H19FN2O2. The third-order valence-electron chi connectivity index (χ3n) is 2.52. The van der Waals surface area contributed by atoms with E-state index in [-0.39, 0.29) is 19.0 Å². The Hall–Kier alpha value is -1.17. The van der Waals surface area contributed by atoms with E-state index in [9.17, 15) is 9.50 Å². The Labute approximate surface area is 101 Å². The molecule has 1 aromatic carbocycles. The van der Waals surface area contributed by atoms with Crippen molar-refractivity contribution in [3.05, 3.63) is 29.6 Å². The highest BCUT2D eigenvalue weighted by atomic mass is 19.1. The number of hydrogen-bond donors (Lipinski definition) is 2. The van der Waals surface area contributed by atoms with Crippen LogP contribution in [0.25, 0.3) is 0 Å². The summed E-state index contributed by atoms with van der Waals surface area (Å²) in [5.41, 5.74) is 7.11. The first kappa shape index (κ1) is 13.9. The van der Waals surface area contributed by atoms with Crippen LogP contribution in [0, 0.1) is 5.82 Å². The van der Waals surface area contributed by atoms with Gasteiger partial charge < -0.3 is 20.5 Å². The highest BCUT2D eigenvalue weighted by Gasteiger charge is 2.12. The summed E-state index contributed by atoms with van der Waals surface area (Å²) in [5.74, 6) is -0.306. The summed E-state index contributed by atoms with van der Waals surface area (Å²) >= 11 is 0. The zero-order valence-electron chi connectivity index (χ0n) is 10.2. The Balaban J connectivity index is 2.77. The van der Waals surface area contributed by atoms with E-state index in [0.717, 1.165) is 11.3 Å². The second-order valence-corrected chi connectivity index (χ2v) is 3.97. The third-order valence-corrected chi connectivity index (χ3v) is 2.52. The molecule has 1 aromatic rings. The lowest BCUT2D eigenvalue weighted by Crippen LogP contribution is -2.32. The van der Waals surface area contributed by atoms with Gasteiger partial charge in [-0.2, -0.15) is 0 Å². The molecule has 0 saturated heterocycles. The van der Waals surface area contributed by atoms with Crippen molar-refractivity contribution in [1.82, 2.24) is 0 Å². The first-order chi connectivity index (χ1) is 8.08. The maximum absolute atomic E-state index is 13.0. The summed E-state index contributed by atoms with van der Waals surface area (Å²) in [5, 5.41) is 9.63. The molecule has 4 nitrogen and oxygen atoms in total. The molecule has 0 aliphatic heterocycles. The van der Waals surface area contributed by atoms with Crippen LogP contribution in [-0.2, 0) is 11.3 Å². The van der Waals surface area contributed by atoms with Crippen LogP contribution in [0.1, 0.15) is 5.56 Å². The second-order valence-electron chi connectivity index (χ2n) is 3.97. The SMILES string of the molecule is COCC(O)CN(C)c1ccc(F)cc1CN. The van der Waals surface area contributed by atoms with Crippen molar-refractivity contribution in [3.8, 4) is 0 Å². The topological polar surface area (TPSA) is 58.7 Å². The van der Waals surface area contributed by atoms with Gasteiger partial charge in [-0.15, -0.1) is 0 Å². The van der Waals surface area contributed by atoms with Gasteiger partial charge in [-0.1, -0.05) is 0 Å². The van der Waals surface area contributed by atoms with Crippen LogP contribution in [0.3, 0.4) is 0 Å². The van der Waals surface area contributed by atoms with Gasteiger partial charge in [0.05, 0.1) is 12.7 Å². The number of rotatable bonds is 6. The molecule has 0 aromatic heterocycles. The van der Waals surface area contributed by atoms with E-state index in [2.05, 4.69) is 0 Å². The van der Waals surface area contributed by atoms with Crippen LogP contribution in [0.4, 0.5) is 10.1 Å². The van der Waals surface area contributed by atoms with Gasteiger partial charge in [-0.25, -0.2) is 4.39 Å². The molecule has 0 bridgehead atoms. The van der Waals surface area contributed by atoms with Crippen molar-refractivity contribution >= 4 is 5.69 Å². The number of benzene rings is 1. The summed E-state index contributed by atoms with van der Waals surface area (Å²) in [6, 6.07) is 4.46. The molecule has 1 rings (SSSR count). The van der Waals surface area contributed by atoms with Gasteiger partial charge >= 0.3 is 0 Å². The highest BCUT2D eigenvalue weighted by molar-refractivity contribution is 5.53. The van der Waals surface area contributed by atoms with Crippen molar-refractivity contribution in [2.45, 2.75) is 12.6 Å². The molecule has 0 spiro atoms. The molecular weight excluding hydrogens is 223 g/mol. The number of hydrogen-bond acceptors (Lipinski definition) is 4. The smallest absolute Gasteiger partial charge is 0.123 e. The van der Waals surface area contributed by atoms with Gasteiger partial charge in [0.25, 0.3) is 0 Å². The fourth-order valence-electron chi connectivity index (χ4n) is 1.75. The summed E-state index contributed by atoms with van der Waals surface area (Å²) in [7, 11) is 3.36. The van der Waals surface area contributed by atoms with Crippen molar-refractivity contribution < 1.29 is 14.2 Å². The number of nitrogens with two attached hydrogens (primary N) is 1. The van der Waals surface area contributed by atoms with E-state index in [1.54, 1.807) is 6.07 Å². The van der Waals surface area contributed by atoms with E-state index in [4.69, 9.17) is 10.5 Å². The van der Waals surface area contributed by atoms with E-state index in [1.807, 2.05) is 11.9 Å². The summed E-state index contributed by atoms with van der Waals surface area (Å²) in [6.45, 7) is 0.938. The molecule has 17 heavy (non-hydrogen) atoms. The van der Waals surface area contributed by atoms with Gasteiger partial charge in [0.1, 0.15) is 5.82 Å². The van der Waals surface area contributed by atoms with E-state index < -0.39 is 6.10 Å². The number of aliphatic hydroxyl groups excluding tert-OH is 1. The van der Waals surface area contributed by atoms with E-state index in [0.29, 0.717) is 6.54 Å². The number of methoxy groups -OCH3 is 1.